The van der Waals surface area contributed by atoms with E-state index in [9.17, 15) is 9.59 Å². The maximum absolute atomic E-state index is 12.2. The first kappa shape index (κ1) is 14.3. The average molecular weight is 268 g/mol. The van der Waals surface area contributed by atoms with Gasteiger partial charge >= 0.3 is 5.97 Å². The van der Waals surface area contributed by atoms with Crippen molar-refractivity contribution in [3.63, 3.8) is 0 Å². The van der Waals surface area contributed by atoms with Gasteiger partial charge in [-0.15, -0.1) is 0 Å². The molecule has 1 saturated carbocycles. The molecule has 19 heavy (non-hydrogen) atoms. The van der Waals surface area contributed by atoms with E-state index in [1.807, 2.05) is 16.8 Å². The van der Waals surface area contributed by atoms with Crippen molar-refractivity contribution in [1.29, 1.82) is 0 Å². The highest BCUT2D eigenvalue weighted by Crippen LogP contribution is 2.26. The van der Waals surface area contributed by atoms with E-state index in [-0.39, 0.29) is 18.4 Å². The summed E-state index contributed by atoms with van der Waals surface area (Å²) in [6.45, 7) is 1.13. The van der Waals surface area contributed by atoms with Crippen molar-refractivity contribution in [3.8, 4) is 0 Å². The molecule has 0 aromatic carbocycles. The Morgan fingerprint density at radius 1 is 1.32 bits per heavy atom. The number of rotatable bonds is 4. The molecule has 2 aliphatic rings. The summed E-state index contributed by atoms with van der Waals surface area (Å²) in [5, 5.41) is 8.80. The van der Waals surface area contributed by atoms with Gasteiger partial charge in [0.25, 0.3) is 0 Å². The van der Waals surface area contributed by atoms with E-state index in [4.69, 9.17) is 5.11 Å². The topological polar surface area (TPSA) is 60.9 Å². The van der Waals surface area contributed by atoms with Gasteiger partial charge in [-0.3, -0.25) is 14.5 Å². The Morgan fingerprint density at radius 2 is 2.00 bits per heavy atom. The highest BCUT2D eigenvalue weighted by atomic mass is 16.4. The van der Waals surface area contributed by atoms with Crippen LogP contribution in [0.25, 0.3) is 0 Å². The fraction of sp³-hybridized carbons (Fsp3) is 0.857. The Balaban J connectivity index is 1.95. The van der Waals surface area contributed by atoms with Crippen LogP contribution in [0.1, 0.15) is 44.9 Å². The molecule has 1 aliphatic heterocycles. The van der Waals surface area contributed by atoms with Crippen LogP contribution in [0.2, 0.25) is 0 Å². The van der Waals surface area contributed by atoms with E-state index >= 15 is 0 Å². The monoisotopic (exact) mass is 268 g/mol. The number of piperazine rings is 1. The third kappa shape index (κ3) is 3.69. The molecule has 5 heteroatoms. The lowest BCUT2D eigenvalue weighted by molar-refractivity contribution is -0.142. The van der Waals surface area contributed by atoms with Crippen LogP contribution < -0.4 is 0 Å². The molecule has 1 heterocycles. The Labute approximate surface area is 114 Å². The first-order chi connectivity index (χ1) is 9.08. The van der Waals surface area contributed by atoms with Crippen LogP contribution >= 0.6 is 0 Å². The molecular weight excluding hydrogens is 244 g/mol. The van der Waals surface area contributed by atoms with Crippen LogP contribution in [0.3, 0.4) is 0 Å². The van der Waals surface area contributed by atoms with Gasteiger partial charge in [0, 0.05) is 25.0 Å². The summed E-state index contributed by atoms with van der Waals surface area (Å²) in [6.07, 6.45) is 6.74. The average Bonchev–Trinajstić information content (AvgIpc) is 2.38. The lowest BCUT2D eigenvalue weighted by atomic mass is 9.92. The molecule has 1 amide bonds. The summed E-state index contributed by atoms with van der Waals surface area (Å²) in [5.74, 6) is -0.546. The number of amides is 1. The van der Waals surface area contributed by atoms with E-state index in [1.165, 1.54) is 19.3 Å². The zero-order valence-electron chi connectivity index (χ0n) is 11.7. The summed E-state index contributed by atoms with van der Waals surface area (Å²) in [6, 6.07) is 0.581. The number of carbonyl (C=O) groups is 2. The molecule has 1 atom stereocenters. The van der Waals surface area contributed by atoms with Crippen molar-refractivity contribution in [1.82, 2.24) is 9.80 Å². The van der Waals surface area contributed by atoms with Crippen LogP contribution in [0.4, 0.5) is 0 Å². The van der Waals surface area contributed by atoms with Crippen molar-refractivity contribution in [2.75, 3.05) is 20.1 Å². The Bertz CT molecular complexity index is 340. The lowest BCUT2D eigenvalue weighted by Gasteiger charge is -2.43. The van der Waals surface area contributed by atoms with Gasteiger partial charge in [-0.2, -0.15) is 0 Å². The maximum atomic E-state index is 12.2. The van der Waals surface area contributed by atoms with E-state index in [0.29, 0.717) is 25.6 Å². The largest absolute Gasteiger partial charge is 0.481 e. The molecule has 0 radical (unpaired) electrons. The van der Waals surface area contributed by atoms with Gasteiger partial charge < -0.3 is 10.0 Å². The predicted molar refractivity (Wildman–Crippen MR) is 71.9 cm³/mol. The molecule has 2 rings (SSSR count). The van der Waals surface area contributed by atoms with Gasteiger partial charge in [-0.05, 0) is 26.3 Å². The molecule has 1 saturated heterocycles. The van der Waals surface area contributed by atoms with Crippen molar-refractivity contribution < 1.29 is 14.7 Å². The molecule has 1 N–H and O–H groups in total. The minimum Gasteiger partial charge on any atom is -0.481 e. The van der Waals surface area contributed by atoms with Crippen LogP contribution in [0, 0.1) is 0 Å². The quantitative estimate of drug-likeness (QED) is 0.835. The highest BCUT2D eigenvalue weighted by Gasteiger charge is 2.34. The molecule has 5 nitrogen and oxygen atoms in total. The van der Waals surface area contributed by atoms with Gasteiger partial charge in [-0.1, -0.05) is 19.3 Å². The van der Waals surface area contributed by atoms with Gasteiger partial charge in [-0.25, -0.2) is 0 Å². The van der Waals surface area contributed by atoms with Gasteiger partial charge in [0.15, 0.2) is 0 Å². The molecule has 2 fully saturated rings. The van der Waals surface area contributed by atoms with Crippen LogP contribution in [0.5, 0.6) is 0 Å². The van der Waals surface area contributed by atoms with E-state index < -0.39 is 5.97 Å². The number of carboxylic acid groups (broad SMARTS) is 1. The minimum atomic E-state index is -0.755. The summed E-state index contributed by atoms with van der Waals surface area (Å²) in [4.78, 5) is 26.9. The first-order valence-corrected chi connectivity index (χ1v) is 7.29. The molecule has 1 unspecified atom stereocenters. The number of hydrogen-bond donors (Lipinski definition) is 1. The molecule has 0 aromatic rings. The minimum absolute atomic E-state index is 0.182. The standard InChI is InChI=1S/C14H24N2O3/c1-15-10-13(17)16(11-5-3-2-4-6-11)9-12(15)7-8-14(18)19/h11-12H,2-10H2,1H3,(H,18,19). The summed E-state index contributed by atoms with van der Waals surface area (Å²) >= 11 is 0. The molecule has 0 bridgehead atoms. The fourth-order valence-electron chi connectivity index (χ4n) is 3.25. The second-order valence-electron chi connectivity index (χ2n) is 5.84. The normalized spacial score (nSPS) is 26.7. The second-order valence-corrected chi connectivity index (χ2v) is 5.84. The van der Waals surface area contributed by atoms with Crippen molar-refractivity contribution >= 4 is 11.9 Å². The number of hydrogen-bond acceptors (Lipinski definition) is 3. The SMILES string of the molecule is CN1CC(=O)N(C2CCCCC2)CC1CCC(=O)O. The second kappa shape index (κ2) is 6.37. The van der Waals surface area contributed by atoms with E-state index in [2.05, 4.69) is 0 Å². The Kier molecular flexibility index (Phi) is 4.80. The maximum Gasteiger partial charge on any atom is 0.303 e. The van der Waals surface area contributed by atoms with E-state index in [1.54, 1.807) is 0 Å². The van der Waals surface area contributed by atoms with Crippen LogP contribution in [-0.4, -0.2) is 59.0 Å². The number of nitrogens with zero attached hydrogens (tertiary/aromatic N) is 2. The Morgan fingerprint density at radius 3 is 2.63 bits per heavy atom. The smallest absolute Gasteiger partial charge is 0.303 e. The van der Waals surface area contributed by atoms with Crippen LogP contribution in [0.15, 0.2) is 0 Å². The van der Waals surface area contributed by atoms with Crippen molar-refractivity contribution in [2.24, 2.45) is 0 Å². The molecular formula is C14H24N2O3. The number of carboxylic acids is 1. The van der Waals surface area contributed by atoms with Crippen LogP contribution in [-0.2, 0) is 9.59 Å². The number of aliphatic carboxylic acids is 1. The zero-order valence-corrected chi connectivity index (χ0v) is 11.7. The molecule has 108 valence electrons. The fourth-order valence-corrected chi connectivity index (χ4v) is 3.25. The predicted octanol–water partition coefficient (Wildman–Crippen LogP) is 1.33. The molecule has 0 aromatic heterocycles. The summed E-state index contributed by atoms with van der Waals surface area (Å²) < 4.78 is 0. The third-order valence-corrected chi connectivity index (χ3v) is 4.44. The zero-order chi connectivity index (χ0) is 13.8. The first-order valence-electron chi connectivity index (χ1n) is 7.29. The third-order valence-electron chi connectivity index (χ3n) is 4.44. The molecule has 1 aliphatic carbocycles. The van der Waals surface area contributed by atoms with Gasteiger partial charge in [0.05, 0.1) is 6.54 Å². The highest BCUT2D eigenvalue weighted by molar-refractivity contribution is 5.79. The number of likely N-dealkylation sites (N-methyl/N-ethyl adjacent to an activating group) is 1. The summed E-state index contributed by atoms with van der Waals surface area (Å²) in [7, 11) is 1.92. The van der Waals surface area contributed by atoms with Gasteiger partial charge in [0.2, 0.25) is 5.91 Å². The number of carbonyl (C=O) groups excluding carboxylic acids is 1. The molecule has 0 spiro atoms. The van der Waals surface area contributed by atoms with Crippen molar-refractivity contribution in [3.05, 3.63) is 0 Å². The lowest BCUT2D eigenvalue weighted by Crippen LogP contribution is -2.58. The Hall–Kier alpha value is -1.10. The van der Waals surface area contributed by atoms with E-state index in [0.717, 1.165) is 12.8 Å². The van der Waals surface area contributed by atoms with Crippen molar-refractivity contribution in [2.45, 2.75) is 57.0 Å². The van der Waals surface area contributed by atoms with Gasteiger partial charge in [0.1, 0.15) is 0 Å². The summed E-state index contributed by atoms with van der Waals surface area (Å²) in [5.41, 5.74) is 0.